The standard InChI is InChI=1S/C21H26N2O3/c1-16(24)15-23-20(25)21(7-11-26-12-8-21)14-17-3-2-4-19(13-17)18-5-9-22-10-6-18/h2-6,9-10,13,16,24H,7-8,11-12,14-15H2,1H3,(H,23,25)/t16-/m0/s1. The summed E-state index contributed by atoms with van der Waals surface area (Å²) < 4.78 is 5.49. The maximum atomic E-state index is 12.9. The molecule has 26 heavy (non-hydrogen) atoms. The number of aliphatic hydroxyl groups is 1. The Morgan fingerprint density at radius 3 is 2.65 bits per heavy atom. The average molecular weight is 354 g/mol. The first-order valence-electron chi connectivity index (χ1n) is 9.12. The molecule has 1 atom stereocenters. The fourth-order valence-corrected chi connectivity index (χ4v) is 3.47. The fourth-order valence-electron chi connectivity index (χ4n) is 3.47. The number of carbonyl (C=O) groups is 1. The van der Waals surface area contributed by atoms with Crippen LogP contribution in [-0.2, 0) is 16.0 Å². The van der Waals surface area contributed by atoms with Gasteiger partial charge in [-0.2, -0.15) is 0 Å². The summed E-state index contributed by atoms with van der Waals surface area (Å²) in [5.41, 5.74) is 2.88. The molecule has 2 N–H and O–H groups in total. The lowest BCUT2D eigenvalue weighted by molar-refractivity contribution is -0.137. The van der Waals surface area contributed by atoms with Gasteiger partial charge in [0.25, 0.3) is 0 Å². The molecule has 1 aromatic carbocycles. The minimum atomic E-state index is -0.550. The molecule has 2 aromatic rings. The highest BCUT2D eigenvalue weighted by Crippen LogP contribution is 2.35. The second-order valence-corrected chi connectivity index (χ2v) is 7.06. The van der Waals surface area contributed by atoms with Crippen LogP contribution in [-0.4, -0.2) is 41.9 Å². The third-order valence-electron chi connectivity index (χ3n) is 4.97. The number of pyridine rings is 1. The molecule has 5 heteroatoms. The predicted molar refractivity (Wildman–Crippen MR) is 101 cm³/mol. The molecule has 1 saturated heterocycles. The number of rotatable bonds is 6. The van der Waals surface area contributed by atoms with Crippen LogP contribution in [0.25, 0.3) is 11.1 Å². The second-order valence-electron chi connectivity index (χ2n) is 7.06. The van der Waals surface area contributed by atoms with Gasteiger partial charge in [-0.25, -0.2) is 0 Å². The second kappa shape index (κ2) is 8.43. The molecule has 1 aromatic heterocycles. The van der Waals surface area contributed by atoms with E-state index < -0.39 is 11.5 Å². The highest BCUT2D eigenvalue weighted by molar-refractivity contribution is 5.83. The number of hydrogen-bond acceptors (Lipinski definition) is 4. The molecular formula is C21H26N2O3. The van der Waals surface area contributed by atoms with Crippen LogP contribution in [0.2, 0.25) is 0 Å². The maximum Gasteiger partial charge on any atom is 0.226 e. The quantitative estimate of drug-likeness (QED) is 0.836. The summed E-state index contributed by atoms with van der Waals surface area (Å²) in [5.74, 6) is 0.0102. The summed E-state index contributed by atoms with van der Waals surface area (Å²) in [6, 6.07) is 12.3. The van der Waals surface area contributed by atoms with Gasteiger partial charge in [-0.05, 0) is 55.0 Å². The van der Waals surface area contributed by atoms with Crippen LogP contribution in [0.1, 0.15) is 25.3 Å². The molecule has 0 radical (unpaired) electrons. The van der Waals surface area contributed by atoms with Crippen molar-refractivity contribution in [2.75, 3.05) is 19.8 Å². The van der Waals surface area contributed by atoms with Gasteiger partial charge in [0.2, 0.25) is 5.91 Å². The molecule has 2 heterocycles. The monoisotopic (exact) mass is 354 g/mol. The fraction of sp³-hybridized carbons (Fsp3) is 0.429. The number of benzene rings is 1. The molecule has 3 rings (SSSR count). The van der Waals surface area contributed by atoms with Crippen LogP contribution in [0.15, 0.2) is 48.8 Å². The lowest BCUT2D eigenvalue weighted by Gasteiger charge is -2.36. The van der Waals surface area contributed by atoms with E-state index in [0.717, 1.165) is 16.7 Å². The Hall–Kier alpha value is -2.24. The lowest BCUT2D eigenvalue weighted by atomic mass is 9.74. The third-order valence-corrected chi connectivity index (χ3v) is 4.97. The van der Waals surface area contributed by atoms with Crippen molar-refractivity contribution < 1.29 is 14.6 Å². The molecule has 0 saturated carbocycles. The normalized spacial score (nSPS) is 17.5. The zero-order valence-electron chi connectivity index (χ0n) is 15.1. The van der Waals surface area contributed by atoms with Crippen molar-refractivity contribution in [3.63, 3.8) is 0 Å². The number of amides is 1. The van der Waals surface area contributed by atoms with Gasteiger partial charge in [0.05, 0.1) is 11.5 Å². The molecule has 0 bridgehead atoms. The minimum absolute atomic E-state index is 0.0102. The van der Waals surface area contributed by atoms with E-state index in [9.17, 15) is 9.90 Å². The van der Waals surface area contributed by atoms with Gasteiger partial charge in [0.15, 0.2) is 0 Å². The van der Waals surface area contributed by atoms with Gasteiger partial charge in [0.1, 0.15) is 0 Å². The summed E-state index contributed by atoms with van der Waals surface area (Å²) in [4.78, 5) is 17.0. The van der Waals surface area contributed by atoms with Gasteiger partial charge < -0.3 is 15.2 Å². The zero-order chi connectivity index (χ0) is 18.4. The number of nitrogens with zero attached hydrogens (tertiary/aromatic N) is 1. The Bertz CT molecular complexity index is 725. The van der Waals surface area contributed by atoms with Gasteiger partial charge in [0, 0.05) is 32.2 Å². The Labute approximate surface area is 154 Å². The highest BCUT2D eigenvalue weighted by atomic mass is 16.5. The first-order chi connectivity index (χ1) is 12.6. The summed E-state index contributed by atoms with van der Waals surface area (Å²) in [6.45, 7) is 3.13. The molecule has 1 fully saturated rings. The van der Waals surface area contributed by atoms with E-state index in [2.05, 4.69) is 28.5 Å². The Morgan fingerprint density at radius 1 is 1.23 bits per heavy atom. The number of hydrogen-bond donors (Lipinski definition) is 2. The van der Waals surface area contributed by atoms with Crippen LogP contribution < -0.4 is 5.32 Å². The van der Waals surface area contributed by atoms with Gasteiger partial charge in [-0.1, -0.05) is 24.3 Å². The third kappa shape index (κ3) is 4.48. The van der Waals surface area contributed by atoms with E-state index in [0.29, 0.717) is 32.5 Å². The minimum Gasteiger partial charge on any atom is -0.392 e. The Morgan fingerprint density at radius 2 is 1.96 bits per heavy atom. The summed E-state index contributed by atoms with van der Waals surface area (Å²) in [5, 5.41) is 12.4. The first kappa shape index (κ1) is 18.5. The van der Waals surface area contributed by atoms with Gasteiger partial charge >= 0.3 is 0 Å². The number of ether oxygens (including phenoxy) is 1. The smallest absolute Gasteiger partial charge is 0.226 e. The van der Waals surface area contributed by atoms with Crippen molar-refractivity contribution in [3.8, 4) is 11.1 Å². The Balaban J connectivity index is 1.82. The van der Waals surface area contributed by atoms with E-state index in [-0.39, 0.29) is 12.5 Å². The van der Waals surface area contributed by atoms with Crippen LogP contribution in [0.3, 0.4) is 0 Å². The van der Waals surface area contributed by atoms with Crippen molar-refractivity contribution in [3.05, 3.63) is 54.4 Å². The van der Waals surface area contributed by atoms with Crippen molar-refractivity contribution in [1.82, 2.24) is 10.3 Å². The van der Waals surface area contributed by atoms with E-state index in [1.807, 2.05) is 18.2 Å². The molecular weight excluding hydrogens is 328 g/mol. The highest BCUT2D eigenvalue weighted by Gasteiger charge is 2.40. The summed E-state index contributed by atoms with van der Waals surface area (Å²) in [6.07, 6.45) is 5.07. The van der Waals surface area contributed by atoms with Crippen molar-refractivity contribution in [2.24, 2.45) is 5.41 Å². The van der Waals surface area contributed by atoms with Crippen LogP contribution in [0, 0.1) is 5.41 Å². The molecule has 0 aliphatic carbocycles. The van der Waals surface area contributed by atoms with Crippen LogP contribution in [0.5, 0.6) is 0 Å². The Kier molecular flexibility index (Phi) is 6.01. The lowest BCUT2D eigenvalue weighted by Crippen LogP contribution is -2.47. The first-order valence-corrected chi connectivity index (χ1v) is 9.12. The number of carbonyl (C=O) groups excluding carboxylic acids is 1. The maximum absolute atomic E-state index is 12.9. The van der Waals surface area contributed by atoms with Gasteiger partial charge in [-0.15, -0.1) is 0 Å². The SMILES string of the molecule is C[C@H](O)CNC(=O)C1(Cc2cccc(-c3ccncc3)c2)CCOCC1. The predicted octanol–water partition coefficient (Wildman–Crippen LogP) is 2.58. The van der Waals surface area contributed by atoms with E-state index in [1.165, 1.54) is 0 Å². The molecule has 1 amide bonds. The van der Waals surface area contributed by atoms with Crippen molar-refractivity contribution in [2.45, 2.75) is 32.3 Å². The summed E-state index contributed by atoms with van der Waals surface area (Å²) >= 11 is 0. The molecule has 1 aliphatic heterocycles. The molecule has 0 unspecified atom stereocenters. The van der Waals surface area contributed by atoms with Crippen LogP contribution in [0.4, 0.5) is 0 Å². The average Bonchev–Trinajstić information content (AvgIpc) is 2.67. The number of aliphatic hydroxyl groups excluding tert-OH is 1. The van der Waals surface area contributed by atoms with Gasteiger partial charge in [-0.3, -0.25) is 9.78 Å². The summed E-state index contributed by atoms with van der Waals surface area (Å²) in [7, 11) is 0. The van der Waals surface area contributed by atoms with Crippen LogP contribution >= 0.6 is 0 Å². The molecule has 1 aliphatic rings. The van der Waals surface area contributed by atoms with E-state index in [4.69, 9.17) is 4.74 Å². The van der Waals surface area contributed by atoms with E-state index >= 15 is 0 Å². The zero-order valence-corrected chi connectivity index (χ0v) is 15.1. The molecule has 0 spiro atoms. The van der Waals surface area contributed by atoms with Crippen molar-refractivity contribution >= 4 is 5.91 Å². The molecule has 5 nitrogen and oxygen atoms in total. The largest absolute Gasteiger partial charge is 0.392 e. The van der Waals surface area contributed by atoms with E-state index in [1.54, 1.807) is 19.3 Å². The topological polar surface area (TPSA) is 71.5 Å². The van der Waals surface area contributed by atoms with Crippen molar-refractivity contribution in [1.29, 1.82) is 0 Å². The number of nitrogens with one attached hydrogen (secondary N) is 1. The number of aromatic nitrogens is 1. The molecule has 138 valence electrons.